The number of hydrogen-bond donors (Lipinski definition) is 1. The molecule has 1 saturated carbocycles. The van der Waals surface area contributed by atoms with Crippen molar-refractivity contribution in [2.75, 3.05) is 27.8 Å². The number of benzene rings is 1. The average molecular weight is 249 g/mol. The molecule has 0 unspecified atom stereocenters. The molecule has 1 fully saturated rings. The monoisotopic (exact) mass is 249 g/mol. The number of carbonyl (C=O) groups is 1. The van der Waals surface area contributed by atoms with Gasteiger partial charge < -0.3 is 14.8 Å². The second kappa shape index (κ2) is 4.98. The van der Waals surface area contributed by atoms with Crippen molar-refractivity contribution >= 4 is 5.97 Å². The zero-order valence-electron chi connectivity index (χ0n) is 11.0. The molecule has 4 heteroatoms. The third-order valence-electron chi connectivity index (χ3n) is 3.71. The van der Waals surface area contributed by atoms with E-state index in [1.54, 1.807) is 7.11 Å². The lowest BCUT2D eigenvalue weighted by Gasteiger charge is -2.16. The van der Waals surface area contributed by atoms with Gasteiger partial charge in [-0.15, -0.1) is 0 Å². The topological polar surface area (TPSA) is 47.6 Å². The van der Waals surface area contributed by atoms with Crippen molar-refractivity contribution in [3.8, 4) is 5.75 Å². The minimum Gasteiger partial charge on any atom is -0.497 e. The van der Waals surface area contributed by atoms with E-state index in [1.807, 2.05) is 31.3 Å². The van der Waals surface area contributed by atoms with E-state index in [4.69, 9.17) is 9.47 Å². The Morgan fingerprint density at radius 3 is 2.56 bits per heavy atom. The predicted molar refractivity (Wildman–Crippen MR) is 68.7 cm³/mol. The highest BCUT2D eigenvalue weighted by atomic mass is 16.5. The van der Waals surface area contributed by atoms with Crippen LogP contribution in [0.15, 0.2) is 24.3 Å². The first kappa shape index (κ1) is 12.9. The molecule has 18 heavy (non-hydrogen) atoms. The minimum atomic E-state index is -0.468. The SMILES string of the molecule is CNC[C@@H]1C[C@]1(C(=O)OC)c1ccc(OC)cc1. The number of nitrogens with one attached hydrogen (secondary N) is 1. The Kier molecular flexibility index (Phi) is 3.57. The molecular formula is C14H19NO3. The van der Waals surface area contributed by atoms with Gasteiger partial charge in [0.1, 0.15) is 5.75 Å². The van der Waals surface area contributed by atoms with Crippen molar-refractivity contribution in [3.05, 3.63) is 29.8 Å². The van der Waals surface area contributed by atoms with E-state index >= 15 is 0 Å². The molecule has 0 bridgehead atoms. The maximum atomic E-state index is 12.1. The van der Waals surface area contributed by atoms with Crippen LogP contribution in [0, 0.1) is 5.92 Å². The van der Waals surface area contributed by atoms with E-state index in [2.05, 4.69) is 5.32 Å². The van der Waals surface area contributed by atoms with E-state index in [0.717, 1.165) is 24.3 Å². The van der Waals surface area contributed by atoms with E-state index in [-0.39, 0.29) is 5.97 Å². The molecule has 0 heterocycles. The summed E-state index contributed by atoms with van der Waals surface area (Å²) in [5, 5.41) is 3.12. The summed E-state index contributed by atoms with van der Waals surface area (Å²) in [7, 11) is 4.97. The summed E-state index contributed by atoms with van der Waals surface area (Å²) in [5.41, 5.74) is 0.541. The Bertz CT molecular complexity index is 429. The summed E-state index contributed by atoms with van der Waals surface area (Å²) in [5.74, 6) is 0.959. The van der Waals surface area contributed by atoms with Gasteiger partial charge in [-0.1, -0.05) is 12.1 Å². The second-order valence-corrected chi connectivity index (χ2v) is 4.65. The molecule has 0 aliphatic heterocycles. The lowest BCUT2D eigenvalue weighted by atomic mass is 9.93. The van der Waals surface area contributed by atoms with Gasteiger partial charge in [0.15, 0.2) is 0 Å². The van der Waals surface area contributed by atoms with Crippen molar-refractivity contribution in [2.45, 2.75) is 11.8 Å². The normalized spacial score (nSPS) is 25.6. The van der Waals surface area contributed by atoms with Gasteiger partial charge in [0.25, 0.3) is 0 Å². The molecule has 2 atom stereocenters. The van der Waals surface area contributed by atoms with Crippen LogP contribution in [0.4, 0.5) is 0 Å². The van der Waals surface area contributed by atoms with E-state index in [0.29, 0.717) is 5.92 Å². The van der Waals surface area contributed by atoms with Crippen LogP contribution in [0.2, 0.25) is 0 Å². The molecule has 1 aromatic carbocycles. The van der Waals surface area contributed by atoms with Crippen LogP contribution in [-0.2, 0) is 14.9 Å². The molecule has 1 aromatic rings. The highest BCUT2D eigenvalue weighted by Gasteiger charge is 2.61. The molecule has 0 radical (unpaired) electrons. The van der Waals surface area contributed by atoms with Crippen molar-refractivity contribution in [3.63, 3.8) is 0 Å². The summed E-state index contributed by atoms with van der Waals surface area (Å²) in [6, 6.07) is 7.67. The van der Waals surface area contributed by atoms with Gasteiger partial charge in [0, 0.05) is 0 Å². The van der Waals surface area contributed by atoms with Crippen LogP contribution >= 0.6 is 0 Å². The van der Waals surface area contributed by atoms with Gasteiger partial charge in [0.2, 0.25) is 0 Å². The number of rotatable bonds is 5. The zero-order chi connectivity index (χ0) is 13.2. The average Bonchev–Trinajstić information content (AvgIpc) is 3.14. The number of carbonyl (C=O) groups excluding carboxylic acids is 1. The van der Waals surface area contributed by atoms with Crippen molar-refractivity contribution in [1.29, 1.82) is 0 Å². The van der Waals surface area contributed by atoms with Gasteiger partial charge in [0.05, 0.1) is 19.6 Å². The highest BCUT2D eigenvalue weighted by molar-refractivity contribution is 5.87. The third kappa shape index (κ3) is 1.97. The Morgan fingerprint density at radius 2 is 2.06 bits per heavy atom. The molecule has 0 amide bonds. The maximum absolute atomic E-state index is 12.1. The Balaban J connectivity index is 2.27. The van der Waals surface area contributed by atoms with Gasteiger partial charge in [-0.2, -0.15) is 0 Å². The summed E-state index contributed by atoms with van der Waals surface area (Å²) >= 11 is 0. The zero-order valence-corrected chi connectivity index (χ0v) is 11.0. The van der Waals surface area contributed by atoms with Crippen LogP contribution in [0.1, 0.15) is 12.0 Å². The fourth-order valence-corrected chi connectivity index (χ4v) is 2.61. The Hall–Kier alpha value is -1.55. The Morgan fingerprint density at radius 1 is 1.39 bits per heavy atom. The molecule has 0 aromatic heterocycles. The van der Waals surface area contributed by atoms with E-state index in [9.17, 15) is 4.79 Å². The molecular weight excluding hydrogens is 230 g/mol. The van der Waals surface area contributed by atoms with Crippen molar-refractivity contribution in [2.24, 2.45) is 5.92 Å². The number of methoxy groups -OCH3 is 2. The number of esters is 1. The smallest absolute Gasteiger partial charge is 0.316 e. The van der Waals surface area contributed by atoms with E-state index < -0.39 is 5.41 Å². The quantitative estimate of drug-likeness (QED) is 0.800. The minimum absolute atomic E-state index is 0.145. The number of ether oxygens (including phenoxy) is 2. The van der Waals surface area contributed by atoms with Gasteiger partial charge in [-0.3, -0.25) is 4.79 Å². The molecule has 2 rings (SSSR count). The molecule has 1 aliphatic rings. The third-order valence-corrected chi connectivity index (χ3v) is 3.71. The van der Waals surface area contributed by atoms with Gasteiger partial charge in [-0.25, -0.2) is 0 Å². The fourth-order valence-electron chi connectivity index (χ4n) is 2.61. The van der Waals surface area contributed by atoms with Crippen molar-refractivity contribution in [1.82, 2.24) is 5.32 Å². The first-order chi connectivity index (χ1) is 8.68. The predicted octanol–water partition coefficient (Wildman–Crippen LogP) is 1.35. The summed E-state index contributed by atoms with van der Waals surface area (Å²) in [6.07, 6.45) is 0.840. The molecule has 98 valence electrons. The standard InChI is InChI=1S/C14H19NO3/c1-15-9-11-8-14(11,13(16)18-3)10-4-6-12(17-2)7-5-10/h4-7,11,15H,8-9H2,1-3H3/t11-,14-/m0/s1. The first-order valence-corrected chi connectivity index (χ1v) is 6.06. The second-order valence-electron chi connectivity index (χ2n) is 4.65. The van der Waals surface area contributed by atoms with Crippen molar-refractivity contribution < 1.29 is 14.3 Å². The summed E-state index contributed by atoms with van der Waals surface area (Å²) < 4.78 is 10.1. The lowest BCUT2D eigenvalue weighted by molar-refractivity contribution is -0.144. The maximum Gasteiger partial charge on any atom is 0.316 e. The van der Waals surface area contributed by atoms with Gasteiger partial charge in [-0.05, 0) is 43.6 Å². The van der Waals surface area contributed by atoms with Gasteiger partial charge >= 0.3 is 5.97 Å². The molecule has 4 nitrogen and oxygen atoms in total. The lowest BCUT2D eigenvalue weighted by Crippen LogP contribution is -2.27. The van der Waals surface area contributed by atoms with E-state index in [1.165, 1.54) is 7.11 Å². The van der Waals surface area contributed by atoms with Crippen LogP contribution in [0.3, 0.4) is 0 Å². The molecule has 0 saturated heterocycles. The van der Waals surface area contributed by atoms with Crippen LogP contribution in [-0.4, -0.2) is 33.8 Å². The fraction of sp³-hybridized carbons (Fsp3) is 0.500. The summed E-state index contributed by atoms with van der Waals surface area (Å²) in [4.78, 5) is 12.1. The number of hydrogen-bond acceptors (Lipinski definition) is 4. The van der Waals surface area contributed by atoms with Crippen LogP contribution in [0.25, 0.3) is 0 Å². The first-order valence-electron chi connectivity index (χ1n) is 6.06. The molecule has 1 aliphatic carbocycles. The highest BCUT2D eigenvalue weighted by Crippen LogP contribution is 2.54. The molecule has 1 N–H and O–H groups in total. The van der Waals surface area contributed by atoms with Crippen LogP contribution in [0.5, 0.6) is 5.75 Å². The summed E-state index contributed by atoms with van der Waals surface area (Å²) in [6.45, 7) is 0.821. The van der Waals surface area contributed by atoms with Crippen LogP contribution < -0.4 is 10.1 Å². The largest absolute Gasteiger partial charge is 0.497 e. The Labute approximate surface area is 107 Å². The molecule has 0 spiro atoms.